The van der Waals surface area contributed by atoms with E-state index in [0.717, 1.165) is 5.56 Å². The fourth-order valence-corrected chi connectivity index (χ4v) is 2.62. The summed E-state index contributed by atoms with van der Waals surface area (Å²) in [6.07, 6.45) is 0.172. The molecule has 2 N–H and O–H groups in total. The number of hydrogen-bond donors (Lipinski definition) is 2. The number of carbonyl (C=O) groups is 2. The molecule has 2 rings (SSSR count). The summed E-state index contributed by atoms with van der Waals surface area (Å²) >= 11 is 9.17. The first kappa shape index (κ1) is 19.3. The van der Waals surface area contributed by atoms with Gasteiger partial charge in [-0.25, -0.2) is 0 Å². The first-order valence-corrected chi connectivity index (χ1v) is 8.82. The van der Waals surface area contributed by atoms with Crippen LogP contribution in [-0.4, -0.2) is 17.9 Å². The van der Waals surface area contributed by atoms with Gasteiger partial charge in [-0.1, -0.05) is 23.7 Å². The summed E-state index contributed by atoms with van der Waals surface area (Å²) in [4.78, 5) is 24.0. The fourth-order valence-electron chi connectivity index (χ4n) is 2.02. The Kier molecular flexibility index (Phi) is 6.84. The molecule has 0 aliphatic rings. The molecule has 7 heteroatoms. The van der Waals surface area contributed by atoms with Gasteiger partial charge in [0.05, 0.1) is 17.0 Å². The molecule has 0 aliphatic heterocycles. The number of hydrazine groups is 1. The molecule has 0 unspecified atom stereocenters. The van der Waals surface area contributed by atoms with E-state index in [-0.39, 0.29) is 18.4 Å². The van der Waals surface area contributed by atoms with Gasteiger partial charge in [-0.3, -0.25) is 20.4 Å². The summed E-state index contributed by atoms with van der Waals surface area (Å²) < 4.78 is 6.26. The van der Waals surface area contributed by atoms with Crippen molar-refractivity contribution in [2.24, 2.45) is 0 Å². The average Bonchev–Trinajstić information content (AvgIpc) is 2.56. The highest BCUT2D eigenvalue weighted by Crippen LogP contribution is 2.26. The zero-order valence-corrected chi connectivity index (χ0v) is 16.1. The summed E-state index contributed by atoms with van der Waals surface area (Å²) in [5, 5.41) is 0.605. The average molecular weight is 426 g/mol. The molecule has 0 fully saturated rings. The number of rotatable bonds is 5. The summed E-state index contributed by atoms with van der Waals surface area (Å²) in [7, 11) is 0. The summed E-state index contributed by atoms with van der Waals surface area (Å²) in [5.74, 6) is -0.0888. The molecule has 2 aromatic carbocycles. The fraction of sp³-hybridized carbons (Fsp3) is 0.222. The molecule has 2 aromatic rings. The quantitative estimate of drug-likeness (QED) is 0.714. The highest BCUT2D eigenvalue weighted by molar-refractivity contribution is 9.10. The molecular weight excluding hydrogens is 408 g/mol. The molecule has 0 saturated carbocycles. The lowest BCUT2D eigenvalue weighted by molar-refractivity contribution is -0.121. The maximum absolute atomic E-state index is 12.1. The Balaban J connectivity index is 1.90. The Morgan fingerprint density at radius 2 is 1.80 bits per heavy atom. The van der Waals surface area contributed by atoms with Gasteiger partial charge >= 0.3 is 0 Å². The van der Waals surface area contributed by atoms with Gasteiger partial charge in [0.15, 0.2) is 0 Å². The molecule has 5 nitrogen and oxygen atoms in total. The number of benzene rings is 2. The third-order valence-electron chi connectivity index (χ3n) is 3.15. The van der Waals surface area contributed by atoms with Crippen molar-refractivity contribution >= 4 is 39.3 Å². The van der Waals surface area contributed by atoms with Gasteiger partial charge in [0, 0.05) is 10.6 Å². The number of ether oxygens (including phenoxy) is 1. The van der Waals surface area contributed by atoms with Gasteiger partial charge in [0.25, 0.3) is 5.91 Å². The lowest BCUT2D eigenvalue weighted by Gasteiger charge is -2.13. The second-order valence-corrected chi connectivity index (χ2v) is 6.91. The van der Waals surface area contributed by atoms with Crippen molar-refractivity contribution in [3.63, 3.8) is 0 Å². The van der Waals surface area contributed by atoms with E-state index in [9.17, 15) is 9.59 Å². The number of hydrogen-bond acceptors (Lipinski definition) is 3. The van der Waals surface area contributed by atoms with Crippen LogP contribution in [0.2, 0.25) is 5.02 Å². The van der Waals surface area contributed by atoms with Crippen LogP contribution in [0.15, 0.2) is 46.9 Å². The number of carbonyl (C=O) groups excluding carboxylic acids is 2. The van der Waals surface area contributed by atoms with Gasteiger partial charge in [0.1, 0.15) is 5.75 Å². The molecule has 2 amide bonds. The number of nitrogens with one attached hydrogen (secondary N) is 2. The van der Waals surface area contributed by atoms with Gasteiger partial charge in [0.2, 0.25) is 5.91 Å². The minimum Gasteiger partial charge on any atom is -0.490 e. The highest BCUT2D eigenvalue weighted by atomic mass is 79.9. The molecule has 0 radical (unpaired) electrons. The van der Waals surface area contributed by atoms with E-state index < -0.39 is 5.91 Å². The maximum Gasteiger partial charge on any atom is 0.269 e. The zero-order chi connectivity index (χ0) is 18.4. The van der Waals surface area contributed by atoms with Crippen molar-refractivity contribution in [3.05, 3.63) is 63.1 Å². The first-order chi connectivity index (χ1) is 11.8. The largest absolute Gasteiger partial charge is 0.490 e. The predicted molar refractivity (Wildman–Crippen MR) is 101 cm³/mol. The number of amides is 2. The summed E-state index contributed by atoms with van der Waals surface area (Å²) in [6.45, 7) is 3.84. The van der Waals surface area contributed by atoms with Crippen LogP contribution < -0.4 is 15.6 Å². The highest BCUT2D eigenvalue weighted by Gasteiger charge is 2.11. The molecular formula is C18H18BrClN2O3. The second kappa shape index (κ2) is 8.87. The van der Waals surface area contributed by atoms with E-state index in [2.05, 4.69) is 26.8 Å². The first-order valence-electron chi connectivity index (χ1n) is 7.65. The molecule has 0 bridgehead atoms. The Bertz CT molecular complexity index is 763. The van der Waals surface area contributed by atoms with Crippen LogP contribution in [0.3, 0.4) is 0 Å². The molecule has 25 heavy (non-hydrogen) atoms. The second-order valence-electron chi connectivity index (χ2n) is 5.62. The molecule has 132 valence electrons. The smallest absolute Gasteiger partial charge is 0.269 e. The molecule has 0 heterocycles. The van der Waals surface area contributed by atoms with Gasteiger partial charge in [-0.05, 0) is 65.7 Å². The van der Waals surface area contributed by atoms with Crippen molar-refractivity contribution in [1.29, 1.82) is 0 Å². The van der Waals surface area contributed by atoms with Crippen LogP contribution in [0.25, 0.3) is 0 Å². The monoisotopic (exact) mass is 424 g/mol. The topological polar surface area (TPSA) is 67.4 Å². The Morgan fingerprint density at radius 3 is 2.40 bits per heavy atom. The Labute approximate surface area is 159 Å². The molecule has 0 atom stereocenters. The number of halogens is 2. The van der Waals surface area contributed by atoms with E-state index in [1.54, 1.807) is 42.5 Å². The van der Waals surface area contributed by atoms with Crippen LogP contribution in [0.4, 0.5) is 0 Å². The van der Waals surface area contributed by atoms with Gasteiger partial charge < -0.3 is 4.74 Å². The van der Waals surface area contributed by atoms with Crippen LogP contribution in [0.5, 0.6) is 5.75 Å². The maximum atomic E-state index is 12.1. The van der Waals surface area contributed by atoms with Gasteiger partial charge in [-0.15, -0.1) is 0 Å². The van der Waals surface area contributed by atoms with Gasteiger partial charge in [-0.2, -0.15) is 0 Å². The summed E-state index contributed by atoms with van der Waals surface area (Å²) in [6, 6.07) is 11.9. The minimum atomic E-state index is -0.416. The lowest BCUT2D eigenvalue weighted by atomic mass is 10.1. The third kappa shape index (κ3) is 6.07. The van der Waals surface area contributed by atoms with Crippen LogP contribution in [0.1, 0.15) is 29.8 Å². The van der Waals surface area contributed by atoms with E-state index in [1.807, 2.05) is 13.8 Å². The van der Waals surface area contributed by atoms with Crippen molar-refractivity contribution in [2.75, 3.05) is 0 Å². The third-order valence-corrected chi connectivity index (χ3v) is 4.02. The van der Waals surface area contributed by atoms with Crippen molar-refractivity contribution in [2.45, 2.75) is 26.4 Å². The van der Waals surface area contributed by atoms with Crippen molar-refractivity contribution < 1.29 is 14.3 Å². The molecule has 0 aliphatic carbocycles. The standard InChI is InChI=1S/C18H18BrClN2O3/c1-11(2)25-16-8-5-13(10-15(16)19)18(24)22-21-17(23)9-12-3-6-14(20)7-4-12/h3-8,10-11H,9H2,1-2H3,(H,21,23)(H,22,24). The van der Waals surface area contributed by atoms with Crippen molar-refractivity contribution in [1.82, 2.24) is 10.9 Å². The normalized spacial score (nSPS) is 10.4. The predicted octanol–water partition coefficient (Wildman–Crippen LogP) is 3.89. The molecule has 0 aromatic heterocycles. The van der Waals surface area contributed by atoms with Crippen LogP contribution in [0, 0.1) is 0 Å². The lowest BCUT2D eigenvalue weighted by Crippen LogP contribution is -2.42. The Morgan fingerprint density at radius 1 is 1.12 bits per heavy atom. The SMILES string of the molecule is CC(C)Oc1ccc(C(=O)NNC(=O)Cc2ccc(Cl)cc2)cc1Br. The summed E-state index contributed by atoms with van der Waals surface area (Å²) in [5.41, 5.74) is 5.98. The van der Waals surface area contributed by atoms with Crippen molar-refractivity contribution in [3.8, 4) is 5.75 Å². The molecule has 0 saturated heterocycles. The minimum absolute atomic E-state index is 0.0307. The van der Waals surface area contributed by atoms with E-state index in [0.29, 0.717) is 20.8 Å². The van der Waals surface area contributed by atoms with E-state index >= 15 is 0 Å². The molecule has 0 spiro atoms. The zero-order valence-electron chi connectivity index (χ0n) is 13.8. The van der Waals surface area contributed by atoms with Crippen LogP contribution >= 0.6 is 27.5 Å². The van der Waals surface area contributed by atoms with E-state index in [1.165, 1.54) is 0 Å². The Hall–Kier alpha value is -2.05. The van der Waals surface area contributed by atoms with Crippen LogP contribution in [-0.2, 0) is 11.2 Å². The van der Waals surface area contributed by atoms with E-state index in [4.69, 9.17) is 16.3 Å².